The molecule has 5 atom stereocenters. The van der Waals surface area contributed by atoms with Crippen LogP contribution >= 0.6 is 11.6 Å². The van der Waals surface area contributed by atoms with E-state index in [-0.39, 0.29) is 27.7 Å². The van der Waals surface area contributed by atoms with Gasteiger partial charge in [0.25, 0.3) is 15.9 Å². The molecule has 7 nitrogen and oxygen atoms in total. The van der Waals surface area contributed by atoms with E-state index in [0.29, 0.717) is 31.9 Å². The number of nitrogens with one attached hydrogen (secondary N) is 1. The molecule has 0 radical (unpaired) electrons. The largest absolute Gasteiger partial charge is 0.490 e. The molecule has 1 fully saturated rings. The molecule has 2 aromatic carbocycles. The lowest BCUT2D eigenvalue weighted by atomic mass is 9.68. The van der Waals surface area contributed by atoms with Crippen LogP contribution in [0, 0.1) is 17.8 Å². The van der Waals surface area contributed by atoms with E-state index >= 15 is 0 Å². The third-order valence-electron chi connectivity index (χ3n) is 9.61. The number of aliphatic hydroxyl groups is 1. The highest BCUT2D eigenvalue weighted by atomic mass is 35.5. The fourth-order valence-corrected chi connectivity index (χ4v) is 8.33. The van der Waals surface area contributed by atoms with Gasteiger partial charge in [-0.3, -0.25) is 4.79 Å². The molecule has 2 aliphatic heterocycles. The monoisotopic (exact) mass is 596 g/mol. The van der Waals surface area contributed by atoms with Crippen LogP contribution in [0.3, 0.4) is 0 Å². The number of fused-ring (bicyclic) bond motifs is 4. The second kappa shape index (κ2) is 10.8. The summed E-state index contributed by atoms with van der Waals surface area (Å²) in [5.41, 5.74) is 3.23. The van der Waals surface area contributed by atoms with Gasteiger partial charge in [-0.2, -0.15) is 0 Å². The number of halogens is 1. The third kappa shape index (κ3) is 5.30. The van der Waals surface area contributed by atoms with Crippen molar-refractivity contribution in [2.24, 2.45) is 17.8 Å². The van der Waals surface area contributed by atoms with Crippen molar-refractivity contribution in [3.63, 3.8) is 0 Å². The van der Waals surface area contributed by atoms with E-state index in [2.05, 4.69) is 28.3 Å². The molecule has 4 aliphatic rings. The van der Waals surface area contributed by atoms with Crippen LogP contribution in [0.2, 0.25) is 5.02 Å². The third-order valence-corrected chi connectivity index (χ3v) is 11.4. The quantitative estimate of drug-likeness (QED) is 0.397. The lowest BCUT2D eigenvalue weighted by Gasteiger charge is -2.45. The number of hydrogen-bond donors (Lipinski definition) is 2. The highest BCUT2D eigenvalue weighted by molar-refractivity contribution is 7.93. The fourth-order valence-electron chi connectivity index (χ4n) is 7.02. The number of amides is 1. The number of nitrogens with zero attached hydrogens (tertiary/aromatic N) is 1. The molecule has 2 aromatic rings. The average molecular weight is 597 g/mol. The van der Waals surface area contributed by atoms with Crippen molar-refractivity contribution in [1.82, 2.24) is 4.72 Å². The van der Waals surface area contributed by atoms with E-state index in [1.807, 2.05) is 12.1 Å². The van der Waals surface area contributed by atoms with Gasteiger partial charge >= 0.3 is 0 Å². The van der Waals surface area contributed by atoms with Crippen molar-refractivity contribution in [3.8, 4) is 5.75 Å². The zero-order valence-electron chi connectivity index (χ0n) is 23.3. The maximum Gasteiger partial charge on any atom is 0.265 e. The molecule has 6 rings (SSSR count). The maximum atomic E-state index is 13.3. The number of carbonyl (C=O) groups excluding carboxylic acids is 1. The molecular weight excluding hydrogens is 560 g/mol. The Morgan fingerprint density at radius 3 is 2.80 bits per heavy atom. The van der Waals surface area contributed by atoms with Gasteiger partial charge < -0.3 is 14.7 Å². The molecule has 218 valence electrons. The van der Waals surface area contributed by atoms with Crippen molar-refractivity contribution in [2.75, 3.05) is 24.6 Å². The van der Waals surface area contributed by atoms with E-state index in [0.717, 1.165) is 42.8 Å². The van der Waals surface area contributed by atoms with E-state index in [1.54, 1.807) is 31.2 Å². The zero-order valence-corrected chi connectivity index (χ0v) is 24.9. The average Bonchev–Trinajstić information content (AvgIpc) is 3.06. The fraction of sp³-hybridized carbons (Fsp3) is 0.469. The van der Waals surface area contributed by atoms with E-state index in [4.69, 9.17) is 16.3 Å². The second-order valence-electron chi connectivity index (χ2n) is 12.2. The summed E-state index contributed by atoms with van der Waals surface area (Å²) in [7, 11) is -4.10. The van der Waals surface area contributed by atoms with Crippen molar-refractivity contribution in [3.05, 3.63) is 81.7 Å². The summed E-state index contributed by atoms with van der Waals surface area (Å²) in [6.45, 7) is 7.40. The van der Waals surface area contributed by atoms with Crippen LogP contribution in [0.5, 0.6) is 5.75 Å². The molecule has 2 aliphatic carbocycles. The van der Waals surface area contributed by atoms with Crippen LogP contribution in [0.15, 0.2) is 60.0 Å². The van der Waals surface area contributed by atoms with Gasteiger partial charge in [-0.25, -0.2) is 13.1 Å². The highest BCUT2D eigenvalue weighted by Crippen LogP contribution is 2.46. The standard InChI is InChI=1S/C32H37ClN2O5S/c1-20-5-3-7-29(36)26-11-8-24(26)17-35-18-32(14-4-6-22-15-25(33)10-12-27(22)32)19-40-30-13-9-23(16-28(30)35)31(37)34-41(38,39)21(20)2/h3,7,9-10,12-13,15-16,20,24,26,29,36H,2,4-6,8,11,14,17-19H2,1H3,(H,34,37)/b7-3-/t20-,24-,26+,29-,32-/m0/s1. The SMILES string of the molecule is C=C1[C@@H](C)C/C=C\[C@H](O)[C@@H]2CC[C@H]2CN2C[C@@]3(CCCc4cc(Cl)ccc43)COc3ccc(cc32)C(=O)NS1(=O)=O. The number of hydrogen-bond acceptors (Lipinski definition) is 6. The topological polar surface area (TPSA) is 95.9 Å². The predicted octanol–water partition coefficient (Wildman–Crippen LogP) is 5.37. The van der Waals surface area contributed by atoms with E-state index < -0.39 is 28.0 Å². The minimum Gasteiger partial charge on any atom is -0.490 e. The lowest BCUT2D eigenvalue weighted by Crippen LogP contribution is -2.49. The number of aryl methyl sites for hydroxylation is 1. The summed E-state index contributed by atoms with van der Waals surface area (Å²) >= 11 is 6.37. The van der Waals surface area contributed by atoms with Gasteiger partial charge in [0.05, 0.1) is 23.3 Å². The first kappa shape index (κ1) is 28.3. The zero-order chi connectivity index (χ0) is 28.9. The van der Waals surface area contributed by atoms with Gasteiger partial charge in [-0.1, -0.05) is 43.3 Å². The number of rotatable bonds is 0. The number of benzene rings is 2. The number of ether oxygens (including phenoxy) is 1. The number of carbonyl (C=O) groups is 1. The van der Waals surface area contributed by atoms with Gasteiger partial charge in [0, 0.05) is 29.1 Å². The minimum absolute atomic E-state index is 0.0590. The highest BCUT2D eigenvalue weighted by Gasteiger charge is 2.44. The minimum atomic E-state index is -4.10. The molecule has 1 saturated carbocycles. The van der Waals surface area contributed by atoms with E-state index in [1.165, 1.54) is 11.1 Å². The lowest BCUT2D eigenvalue weighted by molar-refractivity contribution is 0.0456. The molecule has 1 spiro atoms. The Kier molecular flexibility index (Phi) is 7.45. The van der Waals surface area contributed by atoms with Crippen molar-refractivity contribution in [2.45, 2.75) is 57.0 Å². The van der Waals surface area contributed by atoms with Gasteiger partial charge in [0.15, 0.2) is 0 Å². The summed E-state index contributed by atoms with van der Waals surface area (Å²) in [5.74, 6) is -0.0812. The van der Waals surface area contributed by atoms with E-state index in [9.17, 15) is 18.3 Å². The van der Waals surface area contributed by atoms with Crippen molar-refractivity contribution >= 4 is 33.2 Å². The summed E-state index contributed by atoms with van der Waals surface area (Å²) in [6.07, 6.45) is 8.29. The van der Waals surface area contributed by atoms with Crippen LogP contribution < -0.4 is 14.4 Å². The summed E-state index contributed by atoms with van der Waals surface area (Å²) < 4.78 is 34.8. The molecule has 41 heavy (non-hydrogen) atoms. The Morgan fingerprint density at radius 1 is 1.20 bits per heavy atom. The predicted molar refractivity (Wildman–Crippen MR) is 161 cm³/mol. The molecule has 1 amide bonds. The molecule has 2 bridgehead atoms. The van der Waals surface area contributed by atoms with Crippen LogP contribution in [0.4, 0.5) is 5.69 Å². The van der Waals surface area contributed by atoms with Crippen molar-refractivity contribution < 1.29 is 23.1 Å². The van der Waals surface area contributed by atoms with Crippen LogP contribution in [0.1, 0.15) is 60.5 Å². The smallest absolute Gasteiger partial charge is 0.265 e. The van der Waals surface area contributed by atoms with Gasteiger partial charge in [0.1, 0.15) is 5.75 Å². The first-order chi connectivity index (χ1) is 19.6. The van der Waals surface area contributed by atoms with Gasteiger partial charge in [-0.15, -0.1) is 0 Å². The van der Waals surface area contributed by atoms with Crippen molar-refractivity contribution in [1.29, 1.82) is 0 Å². The first-order valence-corrected chi connectivity index (χ1v) is 16.3. The number of allylic oxidation sites excluding steroid dienone is 2. The molecule has 0 unspecified atom stereocenters. The Labute approximate surface area is 247 Å². The second-order valence-corrected chi connectivity index (χ2v) is 14.4. The number of anilines is 1. The molecule has 2 N–H and O–H groups in total. The van der Waals surface area contributed by atoms with Gasteiger partial charge in [0.2, 0.25) is 0 Å². The molecular formula is C32H37ClN2O5S. The normalized spacial score (nSPS) is 32.0. The van der Waals surface area contributed by atoms with Crippen LogP contribution in [0.25, 0.3) is 0 Å². The Bertz CT molecular complexity index is 1520. The summed E-state index contributed by atoms with van der Waals surface area (Å²) in [5, 5.41) is 11.8. The molecule has 9 heteroatoms. The Balaban J connectivity index is 1.43. The molecule has 2 heterocycles. The van der Waals surface area contributed by atoms with Crippen LogP contribution in [-0.2, 0) is 21.9 Å². The van der Waals surface area contributed by atoms with Crippen LogP contribution in [-0.4, -0.2) is 45.2 Å². The Morgan fingerprint density at radius 2 is 2.02 bits per heavy atom. The molecule has 0 saturated heterocycles. The van der Waals surface area contributed by atoms with Gasteiger partial charge in [-0.05, 0) is 97.7 Å². The molecule has 0 aromatic heterocycles. The Hall–Kier alpha value is -2.81. The number of sulfonamides is 1. The first-order valence-electron chi connectivity index (χ1n) is 14.5. The summed E-state index contributed by atoms with van der Waals surface area (Å²) in [4.78, 5) is 15.5. The number of aliphatic hydroxyl groups excluding tert-OH is 1. The maximum absolute atomic E-state index is 13.3. The summed E-state index contributed by atoms with van der Waals surface area (Å²) in [6, 6.07) is 11.3.